The number of phenolic OH excluding ortho intramolecular Hbond substituents is 1. The SMILES string of the molecule is C[C@]1(O)C[C@@H](Nc2nnc(-c3ccc(C(F)(F)F)cc3O)c3ccncc23)C1. The molecule has 9 heteroatoms. The molecule has 0 spiro atoms. The standard InChI is InChI=1S/C19H17F3N4O2/c1-18(28)7-11(8-18)24-17-14-9-23-5-4-12(14)16(25-26-17)13-3-2-10(6-15(13)27)19(20,21)22/h2-6,9,11,27-28H,7-8H2,1H3,(H,24,26)/t11-,18+. The van der Waals surface area contributed by atoms with Gasteiger partial charge in [0.1, 0.15) is 11.4 Å². The second kappa shape index (κ2) is 6.30. The number of phenols is 1. The lowest BCUT2D eigenvalue weighted by molar-refractivity contribution is -0.137. The minimum absolute atomic E-state index is 0.0398. The van der Waals surface area contributed by atoms with Crippen LogP contribution in [0.1, 0.15) is 25.3 Å². The van der Waals surface area contributed by atoms with Gasteiger partial charge in [0, 0.05) is 34.8 Å². The average molecular weight is 390 g/mol. The molecular formula is C19H17F3N4O2. The normalized spacial score (nSPS) is 22.1. The zero-order valence-electron chi connectivity index (χ0n) is 14.8. The number of benzene rings is 1. The van der Waals surface area contributed by atoms with E-state index in [9.17, 15) is 23.4 Å². The molecule has 1 fully saturated rings. The number of aromatic nitrogens is 3. The second-order valence-corrected chi connectivity index (χ2v) is 7.29. The number of fused-ring (bicyclic) bond motifs is 1. The van der Waals surface area contributed by atoms with Crippen LogP contribution in [0.3, 0.4) is 0 Å². The summed E-state index contributed by atoms with van der Waals surface area (Å²) in [5, 5.41) is 32.8. The van der Waals surface area contributed by atoms with Crippen LogP contribution >= 0.6 is 0 Å². The molecular weight excluding hydrogens is 373 g/mol. The summed E-state index contributed by atoms with van der Waals surface area (Å²) in [7, 11) is 0. The number of alkyl halides is 3. The van der Waals surface area contributed by atoms with Crippen molar-refractivity contribution in [3.8, 4) is 17.0 Å². The molecule has 0 amide bonds. The van der Waals surface area contributed by atoms with E-state index in [4.69, 9.17) is 0 Å². The maximum atomic E-state index is 12.8. The van der Waals surface area contributed by atoms with Crippen molar-refractivity contribution in [2.75, 3.05) is 5.32 Å². The van der Waals surface area contributed by atoms with Gasteiger partial charge in [-0.05, 0) is 44.0 Å². The van der Waals surface area contributed by atoms with Crippen LogP contribution in [-0.2, 0) is 6.18 Å². The van der Waals surface area contributed by atoms with E-state index in [0.717, 1.165) is 6.07 Å². The van der Waals surface area contributed by atoms with E-state index < -0.39 is 23.1 Å². The molecule has 6 nitrogen and oxygen atoms in total. The van der Waals surface area contributed by atoms with Crippen LogP contribution in [0.5, 0.6) is 5.75 Å². The number of nitrogens with one attached hydrogen (secondary N) is 1. The van der Waals surface area contributed by atoms with E-state index in [1.807, 2.05) is 0 Å². The topological polar surface area (TPSA) is 91.2 Å². The van der Waals surface area contributed by atoms with Gasteiger partial charge < -0.3 is 15.5 Å². The molecule has 1 aliphatic carbocycles. The first kappa shape index (κ1) is 18.4. The maximum absolute atomic E-state index is 12.8. The molecule has 0 saturated heterocycles. The summed E-state index contributed by atoms with van der Waals surface area (Å²) in [6.45, 7) is 1.76. The number of rotatable bonds is 3. The van der Waals surface area contributed by atoms with Crippen molar-refractivity contribution in [1.82, 2.24) is 15.2 Å². The summed E-state index contributed by atoms with van der Waals surface area (Å²) in [4.78, 5) is 4.09. The summed E-state index contributed by atoms with van der Waals surface area (Å²) in [5.74, 6) is -0.0586. The Kier molecular flexibility index (Phi) is 4.15. The fraction of sp³-hybridized carbons (Fsp3) is 0.316. The third-order valence-electron chi connectivity index (χ3n) is 4.87. The van der Waals surface area contributed by atoms with Gasteiger partial charge in [-0.15, -0.1) is 10.2 Å². The highest BCUT2D eigenvalue weighted by molar-refractivity contribution is 6.00. The molecule has 0 radical (unpaired) electrons. The van der Waals surface area contributed by atoms with Crippen LogP contribution in [0.15, 0.2) is 36.7 Å². The smallest absolute Gasteiger partial charge is 0.416 e. The molecule has 146 valence electrons. The van der Waals surface area contributed by atoms with Crippen molar-refractivity contribution in [1.29, 1.82) is 0 Å². The first-order valence-corrected chi connectivity index (χ1v) is 8.64. The molecule has 1 aliphatic rings. The summed E-state index contributed by atoms with van der Waals surface area (Å²) >= 11 is 0. The summed E-state index contributed by atoms with van der Waals surface area (Å²) in [6.07, 6.45) is -0.304. The predicted molar refractivity (Wildman–Crippen MR) is 96.7 cm³/mol. The number of pyridine rings is 1. The van der Waals surface area contributed by atoms with Crippen LogP contribution in [-0.4, -0.2) is 37.0 Å². The van der Waals surface area contributed by atoms with E-state index >= 15 is 0 Å². The molecule has 0 bridgehead atoms. The van der Waals surface area contributed by atoms with Crippen molar-refractivity contribution in [3.63, 3.8) is 0 Å². The lowest BCUT2D eigenvalue weighted by atomic mass is 9.77. The molecule has 3 N–H and O–H groups in total. The molecule has 28 heavy (non-hydrogen) atoms. The van der Waals surface area contributed by atoms with Crippen molar-refractivity contribution in [3.05, 3.63) is 42.2 Å². The first-order valence-electron chi connectivity index (χ1n) is 8.64. The Balaban J connectivity index is 1.74. The number of aliphatic hydroxyl groups is 1. The number of aromatic hydroxyl groups is 1. The second-order valence-electron chi connectivity index (χ2n) is 7.29. The molecule has 0 atom stereocenters. The van der Waals surface area contributed by atoms with Gasteiger partial charge in [0.25, 0.3) is 0 Å². The van der Waals surface area contributed by atoms with Crippen molar-refractivity contribution in [2.24, 2.45) is 0 Å². The highest BCUT2D eigenvalue weighted by atomic mass is 19.4. The van der Waals surface area contributed by atoms with E-state index in [1.165, 1.54) is 12.3 Å². The van der Waals surface area contributed by atoms with Crippen LogP contribution in [0.4, 0.5) is 19.0 Å². The van der Waals surface area contributed by atoms with Crippen molar-refractivity contribution in [2.45, 2.75) is 37.6 Å². The van der Waals surface area contributed by atoms with Gasteiger partial charge in [-0.1, -0.05) is 0 Å². The maximum Gasteiger partial charge on any atom is 0.416 e. The Morgan fingerprint density at radius 1 is 1.14 bits per heavy atom. The quantitative estimate of drug-likeness (QED) is 0.631. The fourth-order valence-corrected chi connectivity index (χ4v) is 3.51. The highest BCUT2D eigenvalue weighted by Crippen LogP contribution is 2.39. The average Bonchev–Trinajstić information content (AvgIpc) is 2.60. The Morgan fingerprint density at radius 3 is 2.54 bits per heavy atom. The van der Waals surface area contributed by atoms with Gasteiger partial charge in [-0.3, -0.25) is 4.98 Å². The number of anilines is 1. The lowest BCUT2D eigenvalue weighted by Crippen LogP contribution is -2.48. The van der Waals surface area contributed by atoms with Gasteiger partial charge in [-0.25, -0.2) is 0 Å². The van der Waals surface area contributed by atoms with Crippen LogP contribution in [0.2, 0.25) is 0 Å². The van der Waals surface area contributed by atoms with E-state index in [2.05, 4.69) is 20.5 Å². The summed E-state index contributed by atoms with van der Waals surface area (Å²) in [5.41, 5.74) is -1.24. The molecule has 1 saturated carbocycles. The van der Waals surface area contributed by atoms with Crippen LogP contribution < -0.4 is 5.32 Å². The van der Waals surface area contributed by atoms with Gasteiger partial charge >= 0.3 is 6.18 Å². The van der Waals surface area contributed by atoms with E-state index in [-0.39, 0.29) is 17.3 Å². The third-order valence-corrected chi connectivity index (χ3v) is 4.87. The predicted octanol–water partition coefficient (Wildman–Crippen LogP) is 3.74. The fourth-order valence-electron chi connectivity index (χ4n) is 3.51. The summed E-state index contributed by atoms with van der Waals surface area (Å²) in [6, 6.07) is 4.45. The van der Waals surface area contributed by atoms with E-state index in [1.54, 1.807) is 19.2 Å². The number of halogens is 3. The molecule has 0 unspecified atom stereocenters. The Labute approximate surface area is 158 Å². The lowest BCUT2D eigenvalue weighted by Gasteiger charge is -2.41. The number of hydrogen-bond acceptors (Lipinski definition) is 6. The van der Waals surface area contributed by atoms with Gasteiger partial charge in [0.05, 0.1) is 11.2 Å². The first-order chi connectivity index (χ1) is 13.1. The monoisotopic (exact) mass is 390 g/mol. The largest absolute Gasteiger partial charge is 0.507 e. The zero-order chi connectivity index (χ0) is 20.1. The highest BCUT2D eigenvalue weighted by Gasteiger charge is 2.38. The molecule has 2 aromatic heterocycles. The molecule has 1 aromatic carbocycles. The molecule has 3 aromatic rings. The van der Waals surface area contributed by atoms with Gasteiger partial charge in [0.15, 0.2) is 5.82 Å². The minimum Gasteiger partial charge on any atom is -0.507 e. The Morgan fingerprint density at radius 2 is 1.89 bits per heavy atom. The van der Waals surface area contributed by atoms with Crippen LogP contribution in [0, 0.1) is 0 Å². The zero-order valence-corrected chi connectivity index (χ0v) is 14.8. The van der Waals surface area contributed by atoms with Gasteiger partial charge in [-0.2, -0.15) is 13.2 Å². The Bertz CT molecular complexity index is 1050. The molecule has 4 rings (SSSR count). The van der Waals surface area contributed by atoms with Crippen molar-refractivity contribution >= 4 is 16.6 Å². The molecule has 2 heterocycles. The molecule has 0 aliphatic heterocycles. The minimum atomic E-state index is -4.55. The van der Waals surface area contributed by atoms with Crippen molar-refractivity contribution < 1.29 is 23.4 Å². The summed E-state index contributed by atoms with van der Waals surface area (Å²) < 4.78 is 38.5. The third kappa shape index (κ3) is 3.33. The number of nitrogens with zero attached hydrogens (tertiary/aromatic N) is 3. The van der Waals surface area contributed by atoms with Gasteiger partial charge in [0.2, 0.25) is 0 Å². The van der Waals surface area contributed by atoms with E-state index in [0.29, 0.717) is 35.5 Å². The van der Waals surface area contributed by atoms with Crippen LogP contribution in [0.25, 0.3) is 22.0 Å². The number of hydrogen-bond donors (Lipinski definition) is 3. The Hall–Kier alpha value is -2.94.